The summed E-state index contributed by atoms with van der Waals surface area (Å²) in [5.41, 5.74) is 2.88. The third-order valence-electron chi connectivity index (χ3n) is 5.56. The second-order valence-electron chi connectivity index (χ2n) is 7.30. The molecule has 0 amide bonds. The number of hydrogen-bond donors (Lipinski definition) is 0. The number of aromatic nitrogens is 6. The Hall–Kier alpha value is -2.88. The van der Waals surface area contributed by atoms with E-state index in [4.69, 9.17) is 4.98 Å². The fourth-order valence-electron chi connectivity index (χ4n) is 3.98. The minimum atomic E-state index is -0.491. The number of rotatable bonds is 4. The van der Waals surface area contributed by atoms with Crippen LogP contribution in [0.2, 0.25) is 0 Å². The van der Waals surface area contributed by atoms with Gasteiger partial charge in [0, 0.05) is 4.88 Å². The maximum atomic E-state index is 10.9. The molecule has 1 aliphatic carbocycles. The molecule has 9 nitrogen and oxygen atoms in total. The Morgan fingerprint density at radius 2 is 2.25 bits per heavy atom. The third kappa shape index (κ3) is 2.67. The summed E-state index contributed by atoms with van der Waals surface area (Å²) >= 11 is 1.77. The van der Waals surface area contributed by atoms with Crippen molar-refractivity contribution >= 4 is 33.0 Å². The Balaban J connectivity index is 1.57. The van der Waals surface area contributed by atoms with Crippen molar-refractivity contribution < 1.29 is 4.92 Å². The van der Waals surface area contributed by atoms with Crippen LogP contribution in [0.1, 0.15) is 41.7 Å². The zero-order chi connectivity index (χ0) is 19.4. The van der Waals surface area contributed by atoms with E-state index in [1.165, 1.54) is 29.3 Å². The zero-order valence-corrected chi connectivity index (χ0v) is 16.4. The lowest BCUT2D eigenvalue weighted by Crippen LogP contribution is -2.11. The summed E-state index contributed by atoms with van der Waals surface area (Å²) < 4.78 is 3.27. The second kappa shape index (κ2) is 6.33. The Morgan fingerprint density at radius 3 is 3.00 bits per heavy atom. The fourth-order valence-corrected chi connectivity index (χ4v) is 5.27. The molecule has 0 N–H and O–H groups in total. The third-order valence-corrected chi connectivity index (χ3v) is 6.72. The summed E-state index contributed by atoms with van der Waals surface area (Å²) in [6.07, 6.45) is 6.29. The lowest BCUT2D eigenvalue weighted by molar-refractivity contribution is -0.389. The Morgan fingerprint density at radius 1 is 1.39 bits per heavy atom. The van der Waals surface area contributed by atoms with E-state index < -0.39 is 4.92 Å². The van der Waals surface area contributed by atoms with Gasteiger partial charge in [-0.1, -0.05) is 13.3 Å². The first-order valence-electron chi connectivity index (χ1n) is 9.36. The van der Waals surface area contributed by atoms with Crippen molar-refractivity contribution in [3.05, 3.63) is 44.5 Å². The van der Waals surface area contributed by atoms with Gasteiger partial charge >= 0.3 is 5.82 Å². The van der Waals surface area contributed by atoms with Gasteiger partial charge in [0.1, 0.15) is 17.7 Å². The molecule has 4 aromatic heterocycles. The Kier molecular flexibility index (Phi) is 3.90. The predicted octanol–water partition coefficient (Wildman–Crippen LogP) is 3.32. The Labute approximate surface area is 164 Å². The smallest absolute Gasteiger partial charge is 0.358 e. The number of fused-ring (bicyclic) bond motifs is 5. The highest BCUT2D eigenvalue weighted by molar-refractivity contribution is 7.19. The van der Waals surface area contributed by atoms with Crippen LogP contribution in [0.5, 0.6) is 0 Å². The van der Waals surface area contributed by atoms with Crippen LogP contribution in [0.3, 0.4) is 0 Å². The molecule has 0 spiro atoms. The summed E-state index contributed by atoms with van der Waals surface area (Å²) in [6.45, 7) is 4.33. The quantitative estimate of drug-likeness (QED) is 0.386. The van der Waals surface area contributed by atoms with Gasteiger partial charge in [-0.3, -0.25) is 0 Å². The second-order valence-corrected chi connectivity index (χ2v) is 8.38. The van der Waals surface area contributed by atoms with Gasteiger partial charge in [0.05, 0.1) is 22.2 Å². The summed E-state index contributed by atoms with van der Waals surface area (Å²) in [5.74, 6) is 1.16. The van der Waals surface area contributed by atoms with Gasteiger partial charge in [0.15, 0.2) is 11.5 Å². The van der Waals surface area contributed by atoms with Gasteiger partial charge in [0.25, 0.3) is 0 Å². The van der Waals surface area contributed by atoms with E-state index in [1.54, 1.807) is 33.8 Å². The average molecular weight is 397 g/mol. The van der Waals surface area contributed by atoms with Crippen LogP contribution in [0.4, 0.5) is 5.82 Å². The van der Waals surface area contributed by atoms with Crippen LogP contribution < -0.4 is 0 Å². The zero-order valence-electron chi connectivity index (χ0n) is 15.6. The molecule has 4 heterocycles. The van der Waals surface area contributed by atoms with Gasteiger partial charge in [-0.25, -0.2) is 14.5 Å². The maximum absolute atomic E-state index is 10.9. The van der Waals surface area contributed by atoms with Gasteiger partial charge in [0.2, 0.25) is 0 Å². The first-order chi connectivity index (χ1) is 13.5. The van der Waals surface area contributed by atoms with E-state index in [-0.39, 0.29) is 12.4 Å². The molecule has 0 aromatic carbocycles. The van der Waals surface area contributed by atoms with Gasteiger partial charge < -0.3 is 10.1 Å². The molecule has 0 fully saturated rings. The molecule has 1 atom stereocenters. The molecule has 4 aromatic rings. The minimum Gasteiger partial charge on any atom is -0.358 e. The molecule has 144 valence electrons. The highest BCUT2D eigenvalue weighted by atomic mass is 32.1. The van der Waals surface area contributed by atoms with E-state index in [9.17, 15) is 10.1 Å². The standard InChI is InChI=1S/C18H19N7O2S/c1-3-11-4-5-12-13(7-11)28-18-16(12)17-20-14(21-24(17)9-19-18)8-23-10(2)6-15(22-23)25(26)27/h6,9,11H,3-5,7-8H2,1-2H3/t11-/m0/s1. The maximum Gasteiger partial charge on any atom is 0.390 e. The summed E-state index contributed by atoms with van der Waals surface area (Å²) in [6, 6.07) is 1.45. The summed E-state index contributed by atoms with van der Waals surface area (Å²) in [5, 5.41) is 20.6. The highest BCUT2D eigenvalue weighted by Gasteiger charge is 2.25. The molecule has 0 bridgehead atoms. The molecule has 28 heavy (non-hydrogen) atoms. The molecule has 0 unspecified atom stereocenters. The van der Waals surface area contributed by atoms with Crippen molar-refractivity contribution in [1.82, 2.24) is 29.4 Å². The van der Waals surface area contributed by atoms with E-state index in [2.05, 4.69) is 22.1 Å². The lowest BCUT2D eigenvalue weighted by Gasteiger charge is -2.20. The van der Waals surface area contributed by atoms with Crippen LogP contribution in [-0.4, -0.2) is 34.3 Å². The van der Waals surface area contributed by atoms with Gasteiger partial charge in [-0.15, -0.1) is 16.4 Å². The molecule has 0 radical (unpaired) electrons. The van der Waals surface area contributed by atoms with Crippen LogP contribution in [0.25, 0.3) is 15.9 Å². The lowest BCUT2D eigenvalue weighted by atomic mass is 9.86. The van der Waals surface area contributed by atoms with Crippen LogP contribution in [0, 0.1) is 23.0 Å². The fraction of sp³-hybridized carbons (Fsp3) is 0.444. The first-order valence-corrected chi connectivity index (χ1v) is 10.2. The molecule has 10 heteroatoms. The number of aryl methyl sites for hydroxylation is 2. The van der Waals surface area contributed by atoms with Gasteiger partial charge in [-0.2, -0.15) is 4.68 Å². The number of nitro groups is 1. The minimum absolute atomic E-state index is 0.164. The van der Waals surface area contributed by atoms with E-state index in [1.807, 2.05) is 0 Å². The van der Waals surface area contributed by atoms with Crippen molar-refractivity contribution in [2.75, 3.05) is 0 Å². The molecule has 0 saturated carbocycles. The van der Waals surface area contributed by atoms with Crippen molar-refractivity contribution in [2.45, 2.75) is 46.1 Å². The van der Waals surface area contributed by atoms with Crippen molar-refractivity contribution in [3.8, 4) is 0 Å². The van der Waals surface area contributed by atoms with Crippen LogP contribution in [-0.2, 0) is 19.4 Å². The SMILES string of the molecule is CC[C@H]1CCc2c(sc3ncn4nc(Cn5nc([N+](=O)[O-])cc5C)nc4c23)C1. The van der Waals surface area contributed by atoms with Crippen molar-refractivity contribution in [3.63, 3.8) is 0 Å². The molecule has 1 aliphatic rings. The van der Waals surface area contributed by atoms with E-state index in [0.29, 0.717) is 11.5 Å². The summed E-state index contributed by atoms with van der Waals surface area (Å²) in [4.78, 5) is 22.2. The number of thiophene rings is 1. The predicted molar refractivity (Wildman–Crippen MR) is 105 cm³/mol. The molecule has 5 rings (SSSR count). The monoisotopic (exact) mass is 397 g/mol. The summed E-state index contributed by atoms with van der Waals surface area (Å²) in [7, 11) is 0. The van der Waals surface area contributed by atoms with E-state index >= 15 is 0 Å². The number of nitrogens with zero attached hydrogens (tertiary/aromatic N) is 7. The number of hydrogen-bond acceptors (Lipinski definition) is 7. The molecular weight excluding hydrogens is 378 g/mol. The molecule has 0 aliphatic heterocycles. The molecular formula is C18H19N7O2S. The van der Waals surface area contributed by atoms with E-state index in [0.717, 1.165) is 34.6 Å². The average Bonchev–Trinajstić information content (AvgIpc) is 3.35. The first kappa shape index (κ1) is 17.2. The van der Waals surface area contributed by atoms with Crippen LogP contribution in [0.15, 0.2) is 12.4 Å². The topological polar surface area (TPSA) is 104 Å². The van der Waals surface area contributed by atoms with Crippen molar-refractivity contribution in [2.24, 2.45) is 5.92 Å². The molecule has 0 saturated heterocycles. The largest absolute Gasteiger partial charge is 0.390 e. The van der Waals surface area contributed by atoms with Crippen molar-refractivity contribution in [1.29, 1.82) is 0 Å². The Bertz CT molecular complexity index is 1220. The highest BCUT2D eigenvalue weighted by Crippen LogP contribution is 2.39. The normalized spacial score (nSPS) is 16.7. The van der Waals surface area contributed by atoms with Gasteiger partial charge in [-0.05, 0) is 42.6 Å². The van der Waals surface area contributed by atoms with Crippen LogP contribution >= 0.6 is 11.3 Å².